The monoisotopic (exact) mass is 538 g/mol. The van der Waals surface area contributed by atoms with Crippen LogP contribution in [0.5, 0.6) is 0 Å². The van der Waals surface area contributed by atoms with Gasteiger partial charge in [0.25, 0.3) is 0 Å². The Morgan fingerprint density at radius 3 is 2.52 bits per heavy atom. The van der Waals surface area contributed by atoms with E-state index in [0.717, 1.165) is 11.6 Å². The van der Waals surface area contributed by atoms with Crippen molar-refractivity contribution in [2.45, 2.75) is 13.5 Å². The van der Waals surface area contributed by atoms with Gasteiger partial charge in [0.1, 0.15) is 11.6 Å². The van der Waals surface area contributed by atoms with Crippen LogP contribution in [0.1, 0.15) is 11.1 Å². The minimum atomic E-state index is -3.66. The van der Waals surface area contributed by atoms with Crippen LogP contribution in [0.4, 0.5) is 14.5 Å². The molecule has 0 heterocycles. The van der Waals surface area contributed by atoms with Gasteiger partial charge in [-0.05, 0) is 42.3 Å². The molecule has 0 saturated carbocycles. The van der Waals surface area contributed by atoms with Crippen molar-refractivity contribution in [3.8, 4) is 0 Å². The van der Waals surface area contributed by atoms with Crippen LogP contribution in [0.2, 0.25) is 0 Å². The number of rotatable bonds is 7. The molecule has 0 amide bonds. The van der Waals surface area contributed by atoms with Gasteiger partial charge in [-0.2, -0.15) is 0 Å². The molecule has 2 aromatic carbocycles. The Hall–Kier alpha value is -1.95. The summed E-state index contributed by atoms with van der Waals surface area (Å²) in [5, 5.41) is 2.96. The molecule has 0 aromatic heterocycles. The number of guanidine groups is 1. The summed E-state index contributed by atoms with van der Waals surface area (Å²) in [4.78, 5) is 5.86. The quantitative estimate of drug-likeness (QED) is 0.323. The lowest BCUT2D eigenvalue weighted by Gasteiger charge is -2.22. The summed E-state index contributed by atoms with van der Waals surface area (Å²) in [5.74, 6) is -0.549. The minimum Gasteiger partial charge on any atom is -0.355 e. The molecule has 0 spiro atoms. The van der Waals surface area contributed by atoms with Crippen molar-refractivity contribution in [2.75, 3.05) is 31.1 Å². The molecule has 6 nitrogen and oxygen atoms in total. The van der Waals surface area contributed by atoms with Crippen molar-refractivity contribution in [3.63, 3.8) is 0 Å². The third kappa shape index (κ3) is 8.13. The SMILES string of the molecule is CN=C(NCCS(=O)(=O)Nc1ccc(C)c(F)c1)N(C)Cc1cccc(F)c1.I. The highest BCUT2D eigenvalue weighted by molar-refractivity contribution is 14.0. The van der Waals surface area contributed by atoms with Crippen LogP contribution < -0.4 is 10.0 Å². The largest absolute Gasteiger partial charge is 0.355 e. The van der Waals surface area contributed by atoms with Crippen molar-refractivity contribution < 1.29 is 17.2 Å². The van der Waals surface area contributed by atoms with Gasteiger partial charge in [0.15, 0.2) is 5.96 Å². The molecule has 2 aromatic rings. The number of hydrogen-bond acceptors (Lipinski definition) is 3. The lowest BCUT2D eigenvalue weighted by atomic mass is 10.2. The topological polar surface area (TPSA) is 73.8 Å². The Morgan fingerprint density at radius 2 is 1.90 bits per heavy atom. The van der Waals surface area contributed by atoms with Crippen molar-refractivity contribution in [1.82, 2.24) is 10.2 Å². The van der Waals surface area contributed by atoms with E-state index in [1.165, 1.54) is 24.3 Å². The van der Waals surface area contributed by atoms with E-state index < -0.39 is 15.8 Å². The first-order chi connectivity index (χ1) is 13.2. The fraction of sp³-hybridized carbons (Fsp3) is 0.316. The molecule has 29 heavy (non-hydrogen) atoms. The third-order valence-corrected chi connectivity index (χ3v) is 5.27. The summed E-state index contributed by atoms with van der Waals surface area (Å²) in [6.45, 7) is 2.11. The Labute approximate surface area is 187 Å². The number of benzene rings is 2. The highest BCUT2D eigenvalue weighted by Gasteiger charge is 2.13. The molecule has 2 N–H and O–H groups in total. The minimum absolute atomic E-state index is 0. The normalized spacial score (nSPS) is 11.6. The zero-order valence-electron chi connectivity index (χ0n) is 16.4. The van der Waals surface area contributed by atoms with Crippen molar-refractivity contribution >= 4 is 45.6 Å². The standard InChI is InChI=1S/C19H24F2N4O2S.HI/c1-14-7-8-17(12-18(14)21)24-28(26,27)10-9-23-19(22-2)25(3)13-15-5-4-6-16(20)11-15;/h4-8,11-12,24H,9-10,13H2,1-3H3,(H,22,23);1H. The highest BCUT2D eigenvalue weighted by Crippen LogP contribution is 2.15. The molecule has 0 fully saturated rings. The molecular formula is C19H25F2IN4O2S. The third-order valence-electron chi connectivity index (χ3n) is 3.98. The number of anilines is 1. The molecule has 160 valence electrons. The lowest BCUT2D eigenvalue weighted by molar-refractivity contribution is 0.476. The van der Waals surface area contributed by atoms with E-state index in [-0.39, 0.29) is 47.8 Å². The fourth-order valence-corrected chi connectivity index (χ4v) is 3.51. The number of aliphatic imine (C=N–C) groups is 1. The van der Waals surface area contributed by atoms with Gasteiger partial charge in [0.2, 0.25) is 10.0 Å². The second kappa shape index (κ2) is 11.3. The molecule has 0 bridgehead atoms. The number of nitrogens with one attached hydrogen (secondary N) is 2. The number of hydrogen-bond donors (Lipinski definition) is 2. The van der Waals surface area contributed by atoms with Crippen molar-refractivity contribution in [3.05, 3.63) is 65.2 Å². The summed E-state index contributed by atoms with van der Waals surface area (Å²) in [5.41, 5.74) is 1.38. The van der Waals surface area contributed by atoms with Crippen molar-refractivity contribution in [2.24, 2.45) is 4.99 Å². The maximum Gasteiger partial charge on any atom is 0.234 e. The van der Waals surface area contributed by atoms with E-state index in [1.807, 2.05) is 0 Å². The molecule has 0 aliphatic rings. The summed E-state index contributed by atoms with van der Waals surface area (Å²) in [6, 6.07) is 10.4. The van der Waals surface area contributed by atoms with Gasteiger partial charge in [-0.25, -0.2) is 17.2 Å². The molecule has 0 aliphatic carbocycles. The summed E-state index contributed by atoms with van der Waals surface area (Å²) < 4.78 is 53.6. The van der Waals surface area contributed by atoms with Gasteiger partial charge in [-0.3, -0.25) is 9.71 Å². The van der Waals surface area contributed by atoms with Gasteiger partial charge in [-0.15, -0.1) is 24.0 Å². The average molecular weight is 538 g/mol. The number of sulfonamides is 1. The zero-order chi connectivity index (χ0) is 20.7. The van der Waals surface area contributed by atoms with E-state index in [9.17, 15) is 17.2 Å². The summed E-state index contributed by atoms with van der Waals surface area (Å²) >= 11 is 0. The van der Waals surface area contributed by atoms with Crippen LogP contribution in [-0.4, -0.2) is 45.7 Å². The van der Waals surface area contributed by atoms with E-state index >= 15 is 0 Å². The van der Waals surface area contributed by atoms with Crippen LogP contribution in [-0.2, 0) is 16.6 Å². The van der Waals surface area contributed by atoms with Crippen LogP contribution in [0.3, 0.4) is 0 Å². The Morgan fingerprint density at radius 1 is 1.17 bits per heavy atom. The smallest absolute Gasteiger partial charge is 0.234 e. The van der Waals surface area contributed by atoms with Gasteiger partial charge in [-0.1, -0.05) is 18.2 Å². The fourth-order valence-electron chi connectivity index (χ4n) is 2.55. The van der Waals surface area contributed by atoms with Crippen LogP contribution in [0, 0.1) is 18.6 Å². The van der Waals surface area contributed by atoms with Gasteiger partial charge in [0, 0.05) is 27.2 Å². The average Bonchev–Trinajstić information content (AvgIpc) is 2.61. The van der Waals surface area contributed by atoms with Gasteiger partial charge in [0.05, 0.1) is 11.4 Å². The van der Waals surface area contributed by atoms with E-state index in [1.54, 1.807) is 38.1 Å². The van der Waals surface area contributed by atoms with Crippen LogP contribution in [0.25, 0.3) is 0 Å². The summed E-state index contributed by atoms with van der Waals surface area (Å²) in [7, 11) is -0.319. The maximum absolute atomic E-state index is 13.6. The first-order valence-electron chi connectivity index (χ1n) is 8.63. The van der Waals surface area contributed by atoms with Crippen LogP contribution >= 0.6 is 24.0 Å². The second-order valence-electron chi connectivity index (χ2n) is 6.34. The Balaban J connectivity index is 0.00000420. The van der Waals surface area contributed by atoms with E-state index in [2.05, 4.69) is 15.0 Å². The van der Waals surface area contributed by atoms with Gasteiger partial charge < -0.3 is 10.2 Å². The molecule has 0 aliphatic heterocycles. The van der Waals surface area contributed by atoms with E-state index in [0.29, 0.717) is 18.1 Å². The number of aryl methyl sites for hydroxylation is 1. The first kappa shape index (κ1) is 25.1. The molecule has 0 atom stereocenters. The molecule has 0 radical (unpaired) electrons. The maximum atomic E-state index is 13.6. The predicted molar refractivity (Wildman–Crippen MR) is 123 cm³/mol. The van der Waals surface area contributed by atoms with E-state index in [4.69, 9.17) is 0 Å². The molecule has 10 heteroatoms. The predicted octanol–water partition coefficient (Wildman–Crippen LogP) is 3.34. The molecule has 0 saturated heterocycles. The first-order valence-corrected chi connectivity index (χ1v) is 10.3. The number of nitrogens with zero attached hydrogens (tertiary/aromatic N) is 2. The van der Waals surface area contributed by atoms with Gasteiger partial charge >= 0.3 is 0 Å². The molecule has 2 rings (SSSR count). The second-order valence-corrected chi connectivity index (χ2v) is 8.19. The number of halogens is 3. The summed E-state index contributed by atoms with van der Waals surface area (Å²) in [6.07, 6.45) is 0. The highest BCUT2D eigenvalue weighted by atomic mass is 127. The molecular weight excluding hydrogens is 513 g/mol. The Kier molecular flexibility index (Phi) is 9.77. The van der Waals surface area contributed by atoms with Crippen molar-refractivity contribution in [1.29, 1.82) is 0 Å². The lowest BCUT2D eigenvalue weighted by Crippen LogP contribution is -2.41. The Bertz CT molecular complexity index is 955. The molecule has 0 unspecified atom stereocenters. The van der Waals surface area contributed by atoms with Crippen LogP contribution in [0.15, 0.2) is 47.5 Å². The zero-order valence-corrected chi connectivity index (χ0v) is 19.6.